The van der Waals surface area contributed by atoms with Crippen molar-refractivity contribution < 1.29 is 14.2 Å². The zero-order chi connectivity index (χ0) is 23.5. The molecule has 0 aliphatic carbocycles. The maximum absolute atomic E-state index is 13.0. The van der Waals surface area contributed by atoms with Gasteiger partial charge in [-0.3, -0.25) is 4.79 Å². The molecule has 2 aromatic carbocycles. The number of halogens is 2. The van der Waals surface area contributed by atoms with Crippen molar-refractivity contribution in [3.8, 4) is 22.8 Å². The highest BCUT2D eigenvalue weighted by Gasteiger charge is 2.25. The number of nitrogens with two attached hydrogens (primary N) is 1. The van der Waals surface area contributed by atoms with E-state index in [1.54, 1.807) is 49.4 Å². The molecule has 11 nitrogen and oxygen atoms in total. The summed E-state index contributed by atoms with van der Waals surface area (Å²) in [5.41, 5.74) is 10.2. The number of aromatic nitrogens is 5. The van der Waals surface area contributed by atoms with Gasteiger partial charge in [-0.1, -0.05) is 46.6 Å². The Morgan fingerprint density at radius 1 is 1.21 bits per heavy atom. The second-order valence-electron chi connectivity index (χ2n) is 6.67. The van der Waals surface area contributed by atoms with E-state index in [1.165, 1.54) is 11.8 Å². The first-order chi connectivity index (χ1) is 15.9. The van der Waals surface area contributed by atoms with E-state index in [9.17, 15) is 4.79 Å². The summed E-state index contributed by atoms with van der Waals surface area (Å²) in [6.07, 6.45) is 0. The minimum atomic E-state index is -0.626. The van der Waals surface area contributed by atoms with Crippen LogP contribution in [0.1, 0.15) is 23.0 Å². The zero-order valence-corrected chi connectivity index (χ0v) is 18.8. The van der Waals surface area contributed by atoms with E-state index in [2.05, 4.69) is 35.8 Å². The summed E-state index contributed by atoms with van der Waals surface area (Å²) < 4.78 is 11.2. The molecule has 2 heterocycles. The molecule has 0 radical (unpaired) electrons. The highest BCUT2D eigenvalue weighted by molar-refractivity contribution is 6.37. The molecule has 0 saturated carbocycles. The molecule has 0 bridgehead atoms. The number of hydrogen-bond acceptors (Lipinski definition) is 9. The Hall–Kier alpha value is -3.96. The zero-order valence-electron chi connectivity index (χ0n) is 17.3. The molecule has 1 amide bonds. The Morgan fingerprint density at radius 2 is 2.03 bits per heavy atom. The summed E-state index contributed by atoms with van der Waals surface area (Å²) in [4.78, 5) is 13.0. The summed E-state index contributed by atoms with van der Waals surface area (Å²) in [7, 11) is 1.53. The molecule has 0 aliphatic heterocycles. The number of hydrogen-bond donors (Lipinski definition) is 2. The molecular weight excluding hydrogens is 471 g/mol. The first kappa shape index (κ1) is 22.2. The molecule has 0 spiro atoms. The van der Waals surface area contributed by atoms with Gasteiger partial charge in [0.05, 0.1) is 17.8 Å². The summed E-state index contributed by atoms with van der Waals surface area (Å²) in [6.45, 7) is 1.69. The average Bonchev–Trinajstić information content (AvgIpc) is 3.43. The number of nitrogens with zero attached hydrogens (tertiary/aromatic N) is 6. The summed E-state index contributed by atoms with van der Waals surface area (Å²) in [6, 6.07) is 11.9. The third kappa shape index (κ3) is 4.49. The van der Waals surface area contributed by atoms with Crippen molar-refractivity contribution in [1.29, 1.82) is 0 Å². The Kier molecular flexibility index (Phi) is 6.24. The van der Waals surface area contributed by atoms with Gasteiger partial charge in [0.25, 0.3) is 5.91 Å². The van der Waals surface area contributed by atoms with Crippen LogP contribution in [0.5, 0.6) is 5.75 Å². The lowest BCUT2D eigenvalue weighted by Gasteiger charge is -2.08. The Labute approximate surface area is 197 Å². The van der Waals surface area contributed by atoms with Crippen LogP contribution < -0.4 is 15.9 Å². The van der Waals surface area contributed by atoms with Crippen LogP contribution in [0.4, 0.5) is 5.82 Å². The van der Waals surface area contributed by atoms with Crippen LogP contribution in [0.25, 0.3) is 17.1 Å². The Bertz CT molecular complexity index is 1370. The number of benzene rings is 2. The Morgan fingerprint density at radius 3 is 2.73 bits per heavy atom. The van der Waals surface area contributed by atoms with Gasteiger partial charge in [-0.15, -0.1) is 5.10 Å². The molecule has 3 N–H and O–H groups in total. The SMILES string of the molecule is COc1cccc(-c2c(C(=O)N/N=C(\C)c3ccc(Cl)cc3Cl)nnn2-c2nonc2N)c1. The molecule has 0 fully saturated rings. The fraction of sp³-hybridized carbons (Fsp3) is 0.100. The number of carbonyl (C=O) groups excluding carboxylic acids is 1. The van der Waals surface area contributed by atoms with E-state index in [0.717, 1.165) is 0 Å². The smallest absolute Gasteiger partial charge is 0.294 e. The summed E-state index contributed by atoms with van der Waals surface area (Å²) in [5.74, 6) is -0.0168. The van der Waals surface area contributed by atoms with Crippen LogP contribution in [0.15, 0.2) is 52.2 Å². The van der Waals surface area contributed by atoms with Gasteiger partial charge in [0.1, 0.15) is 11.4 Å². The lowest BCUT2D eigenvalue weighted by molar-refractivity contribution is 0.0950. The van der Waals surface area contributed by atoms with Crippen molar-refractivity contribution in [1.82, 2.24) is 30.7 Å². The van der Waals surface area contributed by atoms with Gasteiger partial charge in [-0.25, -0.2) is 10.1 Å². The van der Waals surface area contributed by atoms with Gasteiger partial charge in [0.2, 0.25) is 11.6 Å². The standard InChI is InChI=1S/C20H16Cl2N8O3/c1-10(14-7-6-12(21)9-15(14)22)24-26-20(31)16-17(11-4-3-5-13(8-11)32-2)30(29-25-16)19-18(23)27-33-28-19/h3-9H,1-2H3,(H2,23,27)(H,26,31)/b24-10+. The van der Waals surface area contributed by atoms with Crippen LogP contribution in [-0.2, 0) is 0 Å². The van der Waals surface area contributed by atoms with E-state index in [-0.39, 0.29) is 23.0 Å². The van der Waals surface area contributed by atoms with E-state index in [4.69, 9.17) is 33.7 Å². The predicted molar refractivity (Wildman–Crippen MR) is 122 cm³/mol. The molecule has 0 saturated heterocycles. The molecule has 0 unspecified atom stereocenters. The Balaban J connectivity index is 1.73. The predicted octanol–water partition coefficient (Wildman–Crippen LogP) is 3.37. The number of ether oxygens (including phenoxy) is 1. The fourth-order valence-electron chi connectivity index (χ4n) is 2.98. The number of rotatable bonds is 6. The van der Waals surface area contributed by atoms with E-state index >= 15 is 0 Å². The second-order valence-corrected chi connectivity index (χ2v) is 7.51. The molecule has 168 valence electrons. The van der Waals surface area contributed by atoms with Gasteiger partial charge in [0, 0.05) is 16.1 Å². The largest absolute Gasteiger partial charge is 0.497 e. The second kappa shape index (κ2) is 9.27. The quantitative estimate of drug-likeness (QED) is 0.311. The van der Waals surface area contributed by atoms with Crippen molar-refractivity contribution in [2.24, 2.45) is 5.10 Å². The highest BCUT2D eigenvalue weighted by Crippen LogP contribution is 2.29. The third-order valence-electron chi connectivity index (χ3n) is 4.57. The van der Waals surface area contributed by atoms with Gasteiger partial charge in [-0.2, -0.15) is 9.78 Å². The number of nitrogens with one attached hydrogen (secondary N) is 1. The van der Waals surface area contributed by atoms with Crippen LogP contribution >= 0.6 is 23.2 Å². The molecular formula is C20H16Cl2N8O3. The molecule has 2 aromatic heterocycles. The van der Waals surface area contributed by atoms with Crippen LogP contribution in [0, 0.1) is 0 Å². The molecule has 0 aliphatic rings. The number of amides is 1. The summed E-state index contributed by atoms with van der Waals surface area (Å²) in [5, 5.41) is 20.4. The molecule has 13 heteroatoms. The molecule has 4 aromatic rings. The van der Waals surface area contributed by atoms with Crippen molar-refractivity contribution >= 4 is 40.6 Å². The maximum Gasteiger partial charge on any atom is 0.294 e. The summed E-state index contributed by atoms with van der Waals surface area (Å²) >= 11 is 12.2. The van der Waals surface area contributed by atoms with E-state index in [1.807, 2.05) is 0 Å². The third-order valence-corrected chi connectivity index (χ3v) is 5.12. The van der Waals surface area contributed by atoms with Crippen LogP contribution in [0.2, 0.25) is 10.0 Å². The molecule has 4 rings (SSSR count). The van der Waals surface area contributed by atoms with Crippen molar-refractivity contribution in [3.63, 3.8) is 0 Å². The number of anilines is 1. The first-order valence-electron chi connectivity index (χ1n) is 9.37. The normalized spacial score (nSPS) is 11.5. The van der Waals surface area contributed by atoms with E-state index in [0.29, 0.717) is 32.6 Å². The molecule has 0 atom stereocenters. The minimum absolute atomic E-state index is 0.0257. The number of methoxy groups -OCH3 is 1. The lowest BCUT2D eigenvalue weighted by atomic mass is 10.1. The van der Waals surface area contributed by atoms with Gasteiger partial charge in [-0.05, 0) is 41.5 Å². The topological polar surface area (TPSA) is 146 Å². The minimum Gasteiger partial charge on any atom is -0.497 e. The average molecular weight is 487 g/mol. The highest BCUT2D eigenvalue weighted by atomic mass is 35.5. The first-order valence-corrected chi connectivity index (χ1v) is 10.1. The van der Waals surface area contributed by atoms with E-state index < -0.39 is 5.91 Å². The van der Waals surface area contributed by atoms with Crippen molar-refractivity contribution in [2.75, 3.05) is 12.8 Å². The molecule has 33 heavy (non-hydrogen) atoms. The van der Waals surface area contributed by atoms with Crippen LogP contribution in [0.3, 0.4) is 0 Å². The van der Waals surface area contributed by atoms with Gasteiger partial charge in [0.15, 0.2) is 5.69 Å². The lowest BCUT2D eigenvalue weighted by Crippen LogP contribution is -2.21. The number of carbonyl (C=O) groups is 1. The van der Waals surface area contributed by atoms with Gasteiger partial charge < -0.3 is 10.5 Å². The maximum atomic E-state index is 13.0. The number of nitrogen functional groups attached to an aromatic ring is 1. The fourth-order valence-corrected chi connectivity index (χ4v) is 3.53. The number of hydrazone groups is 1. The van der Waals surface area contributed by atoms with Crippen LogP contribution in [-0.4, -0.2) is 44.0 Å². The monoisotopic (exact) mass is 486 g/mol. The van der Waals surface area contributed by atoms with Crippen molar-refractivity contribution in [3.05, 3.63) is 63.8 Å². The van der Waals surface area contributed by atoms with Crippen molar-refractivity contribution in [2.45, 2.75) is 6.92 Å². The van der Waals surface area contributed by atoms with Gasteiger partial charge >= 0.3 is 0 Å².